The molecule has 0 aliphatic carbocycles. The van der Waals surface area contributed by atoms with Gasteiger partial charge in [-0.15, -0.1) is 0 Å². The number of hydrogen-bond donors (Lipinski definition) is 1. The Kier molecular flexibility index (Phi) is 4.01. The van der Waals surface area contributed by atoms with Gasteiger partial charge >= 0.3 is 0 Å². The predicted octanol–water partition coefficient (Wildman–Crippen LogP) is 3.34. The summed E-state index contributed by atoms with van der Waals surface area (Å²) in [6.45, 7) is 3.04. The van der Waals surface area contributed by atoms with Crippen molar-refractivity contribution in [3.8, 4) is 11.5 Å². The fourth-order valence-electron chi connectivity index (χ4n) is 3.44. The zero-order valence-corrected chi connectivity index (χ0v) is 14.1. The number of nitrogens with zero attached hydrogens (tertiary/aromatic N) is 2. The average molecular weight is 336 g/mol. The molecule has 1 aliphatic heterocycles. The normalized spacial score (nSPS) is 18.6. The largest absolute Gasteiger partial charge is 0.463 e. The molecule has 4 rings (SSSR count). The number of pyridine rings is 1. The van der Waals surface area contributed by atoms with Crippen molar-refractivity contribution in [1.29, 1.82) is 0 Å². The van der Waals surface area contributed by atoms with E-state index in [0.717, 1.165) is 17.3 Å². The van der Waals surface area contributed by atoms with E-state index >= 15 is 0 Å². The lowest BCUT2D eigenvalue weighted by atomic mass is 10.0. The molecule has 3 heterocycles. The highest BCUT2D eigenvalue weighted by molar-refractivity contribution is 6.07. The first-order valence-corrected chi connectivity index (χ1v) is 8.54. The molecule has 0 bridgehead atoms. The maximum absolute atomic E-state index is 13.1. The number of carbonyl (C=O) groups is 1. The number of benzene rings is 1. The molecular formula is C20H20N2O3. The van der Waals surface area contributed by atoms with Crippen molar-refractivity contribution < 1.29 is 14.3 Å². The summed E-state index contributed by atoms with van der Waals surface area (Å²) in [5.41, 5.74) is 2.05. The Morgan fingerprint density at radius 1 is 1.32 bits per heavy atom. The topological polar surface area (TPSA) is 66.6 Å². The summed E-state index contributed by atoms with van der Waals surface area (Å²) < 4.78 is 5.46. The second-order valence-electron chi connectivity index (χ2n) is 6.59. The fraction of sp³-hybridized carbons (Fsp3) is 0.300. The van der Waals surface area contributed by atoms with Gasteiger partial charge in [-0.25, -0.2) is 4.98 Å². The molecule has 2 unspecified atom stereocenters. The van der Waals surface area contributed by atoms with Crippen LogP contribution in [0, 0.1) is 5.92 Å². The van der Waals surface area contributed by atoms with Gasteiger partial charge in [-0.3, -0.25) is 4.79 Å². The van der Waals surface area contributed by atoms with E-state index in [1.165, 1.54) is 0 Å². The zero-order valence-electron chi connectivity index (χ0n) is 14.1. The van der Waals surface area contributed by atoms with E-state index in [2.05, 4.69) is 4.98 Å². The molecule has 2 aromatic heterocycles. The minimum atomic E-state index is -0.398. The highest BCUT2D eigenvalue weighted by Crippen LogP contribution is 2.28. The van der Waals surface area contributed by atoms with E-state index in [-0.39, 0.29) is 11.8 Å². The van der Waals surface area contributed by atoms with E-state index in [9.17, 15) is 9.90 Å². The molecule has 3 aromatic rings. The Hall–Kier alpha value is -2.66. The summed E-state index contributed by atoms with van der Waals surface area (Å²) in [6, 6.07) is 13.1. The summed E-state index contributed by atoms with van der Waals surface area (Å²) >= 11 is 0. The minimum absolute atomic E-state index is 0.0189. The van der Waals surface area contributed by atoms with Crippen molar-refractivity contribution in [2.75, 3.05) is 13.1 Å². The SMILES string of the molecule is CC(O)C1CCN(C(=O)c2cc(-c3ccco3)nc3ccccc23)C1. The summed E-state index contributed by atoms with van der Waals surface area (Å²) in [5.74, 6) is 0.763. The molecule has 1 saturated heterocycles. The number of aliphatic hydroxyl groups is 1. The lowest BCUT2D eigenvalue weighted by Gasteiger charge is -2.19. The molecule has 0 spiro atoms. The third-order valence-corrected chi connectivity index (χ3v) is 4.91. The van der Waals surface area contributed by atoms with Crippen LogP contribution in [0.25, 0.3) is 22.4 Å². The predicted molar refractivity (Wildman–Crippen MR) is 95.1 cm³/mol. The first kappa shape index (κ1) is 15.8. The van der Waals surface area contributed by atoms with Gasteiger partial charge in [0.1, 0.15) is 5.69 Å². The van der Waals surface area contributed by atoms with Crippen molar-refractivity contribution in [2.45, 2.75) is 19.4 Å². The van der Waals surface area contributed by atoms with E-state index < -0.39 is 6.10 Å². The number of fused-ring (bicyclic) bond motifs is 1. The summed E-state index contributed by atoms with van der Waals surface area (Å²) in [5, 5.41) is 10.6. The molecule has 1 amide bonds. The van der Waals surface area contributed by atoms with Crippen LogP contribution in [-0.4, -0.2) is 40.1 Å². The van der Waals surface area contributed by atoms with Gasteiger partial charge in [0.25, 0.3) is 5.91 Å². The summed E-state index contributed by atoms with van der Waals surface area (Å²) in [4.78, 5) is 19.6. The summed E-state index contributed by atoms with van der Waals surface area (Å²) in [6.07, 6.45) is 2.03. The molecule has 1 aromatic carbocycles. The van der Waals surface area contributed by atoms with Gasteiger partial charge in [-0.2, -0.15) is 0 Å². The van der Waals surface area contributed by atoms with Crippen LogP contribution >= 0.6 is 0 Å². The van der Waals surface area contributed by atoms with Crippen LogP contribution in [-0.2, 0) is 0 Å². The van der Waals surface area contributed by atoms with Crippen LogP contribution in [0.4, 0.5) is 0 Å². The third kappa shape index (κ3) is 2.91. The van der Waals surface area contributed by atoms with Gasteiger partial charge in [0.2, 0.25) is 0 Å². The molecule has 0 saturated carbocycles. The van der Waals surface area contributed by atoms with E-state index in [1.54, 1.807) is 25.3 Å². The number of aliphatic hydroxyl groups excluding tert-OH is 1. The van der Waals surface area contributed by atoms with Crippen molar-refractivity contribution in [2.24, 2.45) is 5.92 Å². The number of amides is 1. The number of likely N-dealkylation sites (tertiary alicyclic amines) is 1. The van der Waals surface area contributed by atoms with Crippen LogP contribution in [0.5, 0.6) is 0 Å². The summed E-state index contributed by atoms with van der Waals surface area (Å²) in [7, 11) is 0. The number of hydrogen-bond acceptors (Lipinski definition) is 4. The van der Waals surface area contributed by atoms with E-state index in [4.69, 9.17) is 4.42 Å². The molecule has 2 atom stereocenters. The molecule has 5 nitrogen and oxygen atoms in total. The molecular weight excluding hydrogens is 316 g/mol. The Bertz CT molecular complexity index is 902. The smallest absolute Gasteiger partial charge is 0.254 e. The second kappa shape index (κ2) is 6.33. The van der Waals surface area contributed by atoms with Crippen LogP contribution in [0.1, 0.15) is 23.7 Å². The van der Waals surface area contributed by atoms with Crippen LogP contribution in [0.3, 0.4) is 0 Å². The monoisotopic (exact) mass is 336 g/mol. The third-order valence-electron chi connectivity index (χ3n) is 4.91. The average Bonchev–Trinajstić information content (AvgIpc) is 3.31. The van der Waals surface area contributed by atoms with Crippen LogP contribution in [0.15, 0.2) is 53.1 Å². The lowest BCUT2D eigenvalue weighted by Crippen LogP contribution is -2.30. The van der Waals surface area contributed by atoms with Crippen molar-refractivity contribution in [3.05, 3.63) is 54.3 Å². The number of carbonyl (C=O) groups excluding carboxylic acids is 1. The van der Waals surface area contributed by atoms with Gasteiger partial charge in [0.15, 0.2) is 5.76 Å². The van der Waals surface area contributed by atoms with Crippen molar-refractivity contribution in [1.82, 2.24) is 9.88 Å². The Morgan fingerprint density at radius 2 is 2.16 bits per heavy atom. The van der Waals surface area contributed by atoms with Gasteiger partial charge in [0.05, 0.1) is 23.4 Å². The lowest BCUT2D eigenvalue weighted by molar-refractivity contribution is 0.0764. The molecule has 128 valence electrons. The van der Waals surface area contributed by atoms with E-state index in [0.29, 0.717) is 30.1 Å². The maximum Gasteiger partial charge on any atom is 0.254 e. The van der Waals surface area contributed by atoms with Crippen molar-refractivity contribution >= 4 is 16.8 Å². The Labute approximate surface area is 145 Å². The number of para-hydroxylation sites is 1. The van der Waals surface area contributed by atoms with Gasteiger partial charge in [-0.05, 0) is 37.6 Å². The quantitative estimate of drug-likeness (QED) is 0.796. The van der Waals surface area contributed by atoms with E-state index in [1.807, 2.05) is 35.2 Å². The molecule has 5 heteroatoms. The molecule has 25 heavy (non-hydrogen) atoms. The minimum Gasteiger partial charge on any atom is -0.463 e. The second-order valence-corrected chi connectivity index (χ2v) is 6.59. The standard InChI is InChI=1S/C20H20N2O3/c1-13(23)14-8-9-22(12-14)20(24)16-11-18(19-7-4-10-25-19)21-17-6-3-2-5-15(16)17/h2-7,10-11,13-14,23H,8-9,12H2,1H3. The number of furan rings is 1. The molecule has 0 radical (unpaired) electrons. The van der Waals surface area contributed by atoms with Gasteiger partial charge in [-0.1, -0.05) is 18.2 Å². The molecule has 1 aliphatic rings. The Morgan fingerprint density at radius 3 is 2.88 bits per heavy atom. The number of rotatable bonds is 3. The zero-order chi connectivity index (χ0) is 17.4. The first-order valence-electron chi connectivity index (χ1n) is 8.54. The number of aromatic nitrogens is 1. The first-order chi connectivity index (χ1) is 12.1. The molecule has 1 N–H and O–H groups in total. The van der Waals surface area contributed by atoms with Gasteiger partial charge < -0.3 is 14.4 Å². The maximum atomic E-state index is 13.1. The van der Waals surface area contributed by atoms with Crippen LogP contribution in [0.2, 0.25) is 0 Å². The molecule has 1 fully saturated rings. The fourth-order valence-corrected chi connectivity index (χ4v) is 3.44. The van der Waals surface area contributed by atoms with Crippen LogP contribution < -0.4 is 0 Å². The highest BCUT2D eigenvalue weighted by atomic mass is 16.3. The van der Waals surface area contributed by atoms with Gasteiger partial charge in [0, 0.05) is 24.4 Å². The van der Waals surface area contributed by atoms with Crippen molar-refractivity contribution in [3.63, 3.8) is 0 Å². The Balaban J connectivity index is 1.76. The highest BCUT2D eigenvalue weighted by Gasteiger charge is 2.30.